The van der Waals surface area contributed by atoms with E-state index in [-0.39, 0.29) is 17.4 Å². The first-order valence-electron chi connectivity index (χ1n) is 9.91. The lowest BCUT2D eigenvalue weighted by atomic mass is 10.2. The Kier molecular flexibility index (Phi) is 6.45. The lowest BCUT2D eigenvalue weighted by molar-refractivity contribution is -0.119. The predicted octanol–water partition coefficient (Wildman–Crippen LogP) is 2.77. The summed E-state index contributed by atoms with van der Waals surface area (Å²) in [4.78, 5) is 12.7. The molecule has 1 heterocycles. The molecule has 1 aliphatic rings. The number of anilines is 1. The SMILES string of the molecule is COc1ccccc1N(CC(=O)N/N=C\c1ccc2c(c1)OCO2)S(=O)(=O)c1ccccc1. The quantitative estimate of drug-likeness (QED) is 0.403. The van der Waals surface area contributed by atoms with E-state index < -0.39 is 22.5 Å². The van der Waals surface area contributed by atoms with Crippen LogP contribution in [-0.2, 0) is 14.8 Å². The van der Waals surface area contributed by atoms with Crippen LogP contribution < -0.4 is 23.9 Å². The molecule has 9 nitrogen and oxygen atoms in total. The second-order valence-corrected chi connectivity index (χ2v) is 8.76. The van der Waals surface area contributed by atoms with Gasteiger partial charge >= 0.3 is 0 Å². The standard InChI is InChI=1S/C23H21N3O6S/c1-30-20-10-6-5-9-19(20)26(33(28,29)18-7-3-2-4-8-18)15-23(27)25-24-14-17-11-12-21-22(13-17)32-16-31-21/h2-14H,15-16H2,1H3,(H,25,27)/b24-14-. The molecule has 0 aromatic heterocycles. The summed E-state index contributed by atoms with van der Waals surface area (Å²) < 4.78 is 43.6. The minimum absolute atomic E-state index is 0.0487. The molecule has 0 spiro atoms. The highest BCUT2D eigenvalue weighted by Gasteiger charge is 2.29. The molecule has 1 amide bonds. The second kappa shape index (κ2) is 9.61. The number of ether oxygens (including phenoxy) is 3. The highest BCUT2D eigenvalue weighted by atomic mass is 32.2. The van der Waals surface area contributed by atoms with Crippen molar-refractivity contribution in [3.05, 3.63) is 78.4 Å². The second-order valence-electron chi connectivity index (χ2n) is 6.90. The molecule has 0 saturated heterocycles. The Morgan fingerprint density at radius 2 is 1.79 bits per heavy atom. The van der Waals surface area contributed by atoms with Gasteiger partial charge in [0.15, 0.2) is 11.5 Å². The van der Waals surface area contributed by atoms with E-state index in [9.17, 15) is 13.2 Å². The molecule has 4 rings (SSSR count). The summed E-state index contributed by atoms with van der Waals surface area (Å²) in [5, 5.41) is 3.94. The van der Waals surface area contributed by atoms with Gasteiger partial charge in [-0.3, -0.25) is 9.10 Å². The lowest BCUT2D eigenvalue weighted by Crippen LogP contribution is -2.39. The molecule has 3 aromatic carbocycles. The number of amides is 1. The van der Waals surface area contributed by atoms with Crippen LogP contribution in [0.5, 0.6) is 17.2 Å². The molecule has 1 aliphatic heterocycles. The fourth-order valence-electron chi connectivity index (χ4n) is 3.19. The van der Waals surface area contributed by atoms with E-state index in [1.54, 1.807) is 60.7 Å². The van der Waals surface area contributed by atoms with Gasteiger partial charge in [-0.2, -0.15) is 5.10 Å². The number of rotatable bonds is 8. The number of fused-ring (bicyclic) bond motifs is 1. The molecule has 0 radical (unpaired) electrons. The Balaban J connectivity index is 1.55. The Bertz CT molecular complexity index is 1280. The molecule has 170 valence electrons. The van der Waals surface area contributed by atoms with Crippen LogP contribution in [0.4, 0.5) is 5.69 Å². The number of benzene rings is 3. The summed E-state index contributed by atoms with van der Waals surface area (Å²) in [6, 6.07) is 19.7. The predicted molar refractivity (Wildman–Crippen MR) is 122 cm³/mol. The Hall–Kier alpha value is -4.05. The van der Waals surface area contributed by atoms with Crippen molar-refractivity contribution < 1.29 is 27.4 Å². The van der Waals surface area contributed by atoms with E-state index in [2.05, 4.69) is 10.5 Å². The molecule has 1 N–H and O–H groups in total. The summed E-state index contributed by atoms with van der Waals surface area (Å²) in [5.41, 5.74) is 3.29. The summed E-state index contributed by atoms with van der Waals surface area (Å²) in [5.74, 6) is 0.905. The average molecular weight is 468 g/mol. The molecule has 0 bridgehead atoms. The van der Waals surface area contributed by atoms with E-state index in [1.807, 2.05) is 0 Å². The highest BCUT2D eigenvalue weighted by molar-refractivity contribution is 7.92. The van der Waals surface area contributed by atoms with Crippen LogP contribution in [0, 0.1) is 0 Å². The maximum Gasteiger partial charge on any atom is 0.264 e. The van der Waals surface area contributed by atoms with Crippen molar-refractivity contribution in [1.82, 2.24) is 5.43 Å². The first kappa shape index (κ1) is 22.2. The first-order chi connectivity index (χ1) is 16.0. The molecule has 3 aromatic rings. The van der Waals surface area contributed by atoms with E-state index in [0.717, 1.165) is 4.31 Å². The van der Waals surface area contributed by atoms with Gasteiger partial charge in [0.2, 0.25) is 6.79 Å². The summed E-state index contributed by atoms with van der Waals surface area (Å²) in [7, 11) is -2.62. The third kappa shape index (κ3) is 4.90. The maximum atomic E-state index is 13.4. The Labute approximate surface area is 191 Å². The van der Waals surface area contributed by atoms with Gasteiger partial charge in [0.25, 0.3) is 15.9 Å². The van der Waals surface area contributed by atoms with Crippen LogP contribution in [-0.4, -0.2) is 41.0 Å². The van der Waals surface area contributed by atoms with Gasteiger partial charge in [-0.1, -0.05) is 30.3 Å². The van der Waals surface area contributed by atoms with Gasteiger partial charge in [-0.25, -0.2) is 13.8 Å². The minimum Gasteiger partial charge on any atom is -0.495 e. The molecule has 0 unspecified atom stereocenters. The number of carbonyl (C=O) groups is 1. The summed E-state index contributed by atoms with van der Waals surface area (Å²) >= 11 is 0. The molecule has 0 aliphatic carbocycles. The van der Waals surface area contributed by atoms with E-state index in [0.29, 0.717) is 22.8 Å². The Morgan fingerprint density at radius 3 is 2.58 bits per heavy atom. The topological polar surface area (TPSA) is 107 Å². The summed E-state index contributed by atoms with van der Waals surface area (Å²) in [6.45, 7) is -0.350. The average Bonchev–Trinajstić information content (AvgIpc) is 3.31. The van der Waals surface area contributed by atoms with Gasteiger partial charge in [-0.15, -0.1) is 0 Å². The van der Waals surface area contributed by atoms with Crippen LogP contribution in [0.15, 0.2) is 82.8 Å². The van der Waals surface area contributed by atoms with Gasteiger partial charge in [0.05, 0.1) is 23.9 Å². The minimum atomic E-state index is -4.06. The van der Waals surface area contributed by atoms with Crippen LogP contribution in [0.3, 0.4) is 0 Å². The number of sulfonamides is 1. The van der Waals surface area contributed by atoms with Crippen molar-refractivity contribution in [2.75, 3.05) is 24.8 Å². The van der Waals surface area contributed by atoms with Crippen LogP contribution in [0.25, 0.3) is 0 Å². The number of methoxy groups -OCH3 is 1. The molecule has 0 fully saturated rings. The van der Waals surface area contributed by atoms with E-state index >= 15 is 0 Å². The zero-order valence-corrected chi connectivity index (χ0v) is 18.5. The van der Waals surface area contributed by atoms with E-state index in [4.69, 9.17) is 14.2 Å². The van der Waals surface area contributed by atoms with Crippen LogP contribution in [0.1, 0.15) is 5.56 Å². The maximum absolute atomic E-state index is 13.4. The van der Waals surface area contributed by atoms with Crippen molar-refractivity contribution >= 4 is 27.8 Å². The zero-order valence-electron chi connectivity index (χ0n) is 17.7. The van der Waals surface area contributed by atoms with Crippen molar-refractivity contribution in [3.8, 4) is 17.2 Å². The van der Waals surface area contributed by atoms with Gasteiger partial charge in [-0.05, 0) is 48.0 Å². The van der Waals surface area contributed by atoms with Gasteiger partial charge < -0.3 is 14.2 Å². The number of nitrogens with one attached hydrogen (secondary N) is 1. The van der Waals surface area contributed by atoms with Crippen molar-refractivity contribution in [3.63, 3.8) is 0 Å². The third-order valence-corrected chi connectivity index (χ3v) is 6.55. The highest BCUT2D eigenvalue weighted by Crippen LogP contribution is 2.33. The number of nitrogens with zero attached hydrogens (tertiary/aromatic N) is 2. The molecule has 0 saturated carbocycles. The lowest BCUT2D eigenvalue weighted by Gasteiger charge is -2.25. The first-order valence-corrected chi connectivity index (χ1v) is 11.4. The molecule has 33 heavy (non-hydrogen) atoms. The Morgan fingerprint density at radius 1 is 1.06 bits per heavy atom. The molecular formula is C23H21N3O6S. The molecule has 10 heteroatoms. The van der Waals surface area contributed by atoms with E-state index in [1.165, 1.54) is 25.5 Å². The number of para-hydroxylation sites is 2. The normalized spacial score (nSPS) is 12.5. The van der Waals surface area contributed by atoms with Crippen molar-refractivity contribution in [1.29, 1.82) is 0 Å². The number of hydrogen-bond acceptors (Lipinski definition) is 7. The van der Waals surface area contributed by atoms with Crippen molar-refractivity contribution in [2.45, 2.75) is 4.90 Å². The fourth-order valence-corrected chi connectivity index (χ4v) is 4.65. The van der Waals surface area contributed by atoms with Gasteiger partial charge in [0, 0.05) is 0 Å². The summed E-state index contributed by atoms with van der Waals surface area (Å²) in [6.07, 6.45) is 1.43. The zero-order chi connectivity index (χ0) is 23.3. The molecular weight excluding hydrogens is 446 g/mol. The molecule has 0 atom stereocenters. The monoisotopic (exact) mass is 467 g/mol. The smallest absolute Gasteiger partial charge is 0.264 e. The number of hydrogen-bond donors (Lipinski definition) is 1. The number of carbonyl (C=O) groups excluding carboxylic acids is 1. The van der Waals surface area contributed by atoms with Crippen LogP contribution in [0.2, 0.25) is 0 Å². The van der Waals surface area contributed by atoms with Crippen LogP contribution >= 0.6 is 0 Å². The fraction of sp³-hybridized carbons (Fsp3) is 0.130. The number of hydrazone groups is 1. The van der Waals surface area contributed by atoms with Crippen molar-refractivity contribution in [2.24, 2.45) is 5.10 Å². The van der Waals surface area contributed by atoms with Gasteiger partial charge in [0.1, 0.15) is 12.3 Å². The largest absolute Gasteiger partial charge is 0.495 e. The third-order valence-electron chi connectivity index (χ3n) is 4.77.